The average molecular weight is 762 g/mol. The quantitative estimate of drug-likeness (QED) is 0.0608. The molecule has 2 aromatic carbocycles. The minimum Gasteiger partial charge on any atom is -0.543 e. The summed E-state index contributed by atoms with van der Waals surface area (Å²) in [7, 11) is 1.63. The van der Waals surface area contributed by atoms with E-state index in [-0.39, 0.29) is 69.7 Å². The fourth-order valence-corrected chi connectivity index (χ4v) is 7.69. The van der Waals surface area contributed by atoms with Gasteiger partial charge in [0.25, 0.3) is 5.91 Å². The van der Waals surface area contributed by atoms with Crippen molar-refractivity contribution in [2.45, 2.75) is 22.6 Å². The number of fused-ring (bicyclic) bond motifs is 1. The zero-order valence-corrected chi connectivity index (χ0v) is 31.0. The van der Waals surface area contributed by atoms with Crippen LogP contribution in [-0.2, 0) is 21.4 Å². The Morgan fingerprint density at radius 2 is 1.88 bits per heavy atom. The molecule has 2 aliphatic heterocycles. The number of primary amides is 1. The normalized spacial score (nSPS) is 17.1. The molecule has 0 saturated carbocycles. The Morgan fingerprint density at radius 1 is 1.18 bits per heavy atom. The minimum atomic E-state index is -1.61. The van der Waals surface area contributed by atoms with Gasteiger partial charge in [-0.05, 0) is 58.0 Å². The fourth-order valence-electron chi connectivity index (χ4n) is 5.23. The minimum absolute atomic E-state index is 0. The number of hydrogen-bond donors (Lipinski definition) is 5. The predicted octanol–water partition coefficient (Wildman–Crippen LogP) is -2.37. The van der Waals surface area contributed by atoms with Gasteiger partial charge in [-0.2, -0.15) is 4.98 Å². The number of carbonyl (C=O) groups is 4. The maximum Gasteiger partial charge on any atom is 1.00 e. The van der Waals surface area contributed by atoms with Gasteiger partial charge in [0.05, 0.1) is 17.9 Å². The van der Waals surface area contributed by atoms with Crippen LogP contribution >= 0.6 is 35.1 Å². The number of halogens is 1. The molecule has 1 fully saturated rings. The third-order valence-electron chi connectivity index (χ3n) is 7.56. The van der Waals surface area contributed by atoms with Crippen LogP contribution in [0.25, 0.3) is 0 Å². The number of urea groups is 1. The van der Waals surface area contributed by atoms with E-state index in [1.54, 1.807) is 31.3 Å². The van der Waals surface area contributed by atoms with Gasteiger partial charge < -0.3 is 36.5 Å². The third kappa shape index (κ3) is 7.85. The number of amides is 4. The van der Waals surface area contributed by atoms with Crippen molar-refractivity contribution in [2.75, 3.05) is 21.7 Å². The number of rotatable bonds is 11. The number of hydrogen-bond acceptors (Lipinski definition) is 15. The molecule has 2 aromatic heterocycles. The molecular formula is C29H25ClN11NaO7S2. The molecule has 0 spiro atoms. The second-order valence-corrected chi connectivity index (χ2v) is 13.2. The maximum atomic E-state index is 14.0. The van der Waals surface area contributed by atoms with Gasteiger partial charge in [0.1, 0.15) is 28.9 Å². The Bertz CT molecular complexity index is 2020. The van der Waals surface area contributed by atoms with E-state index in [2.05, 4.69) is 36.1 Å². The summed E-state index contributed by atoms with van der Waals surface area (Å²) in [6.45, 7) is 0. The van der Waals surface area contributed by atoms with E-state index in [0.717, 1.165) is 16.0 Å². The summed E-state index contributed by atoms with van der Waals surface area (Å²) in [6.07, 6.45) is 1.08. The Labute approximate surface area is 324 Å². The molecule has 258 valence electrons. The molecule has 22 heteroatoms. The Morgan fingerprint density at radius 3 is 2.49 bits per heavy atom. The largest absolute Gasteiger partial charge is 1.00 e. The number of aliphatic carboxylic acids is 1. The van der Waals surface area contributed by atoms with E-state index < -0.39 is 47.2 Å². The van der Waals surface area contributed by atoms with Gasteiger partial charge in [-0.15, -0.1) is 16.9 Å². The summed E-state index contributed by atoms with van der Waals surface area (Å²) < 4.78 is 1.42. The van der Waals surface area contributed by atoms with Gasteiger partial charge in [0.15, 0.2) is 0 Å². The number of nitrogens with two attached hydrogens (primary N) is 1. The van der Waals surface area contributed by atoms with Gasteiger partial charge in [-0.1, -0.05) is 35.5 Å². The number of thioether (sulfide) groups is 2. The Balaban J connectivity index is 0.00000504. The number of aromatic nitrogens is 6. The molecule has 51 heavy (non-hydrogen) atoms. The maximum absolute atomic E-state index is 14.0. The number of anilines is 3. The number of benzene rings is 2. The van der Waals surface area contributed by atoms with Gasteiger partial charge in [0, 0.05) is 29.3 Å². The van der Waals surface area contributed by atoms with Crippen molar-refractivity contribution >= 4 is 76.3 Å². The van der Waals surface area contributed by atoms with Crippen molar-refractivity contribution in [3.8, 4) is 11.6 Å². The number of phenols is 1. The van der Waals surface area contributed by atoms with Gasteiger partial charge in [-0.25, -0.2) is 14.5 Å². The van der Waals surface area contributed by atoms with Crippen LogP contribution in [0.4, 0.5) is 22.1 Å². The SMILES string of the molecule is Cn1nnnc1SCC1=C(C(=O)[O-])N2C(=O)C(NC(=O)C(c3ccc(O)cc3)N(C(N)=O)c3cnc(Nc4ccc(Cl)cc4)nc3O)[C@@H]2SC1.[Na+]. The Hall–Kier alpha value is -4.60. The Kier molecular flexibility index (Phi) is 11.6. The topological polar surface area (TPSA) is 258 Å². The zero-order chi connectivity index (χ0) is 35.7. The number of nitrogens with zero attached hydrogens (tertiary/aromatic N) is 8. The number of phenolic OH excluding ortho intramolecular Hbond substituents is 1. The van der Waals surface area contributed by atoms with Crippen LogP contribution in [0.15, 0.2) is 71.2 Å². The summed E-state index contributed by atoms with van der Waals surface area (Å²) in [6, 6.07) is 7.77. The van der Waals surface area contributed by atoms with E-state index >= 15 is 0 Å². The van der Waals surface area contributed by atoms with Crippen molar-refractivity contribution in [1.29, 1.82) is 0 Å². The van der Waals surface area contributed by atoms with E-state index in [0.29, 0.717) is 21.4 Å². The number of carboxylic acid groups (broad SMARTS) is 1. The van der Waals surface area contributed by atoms with Crippen molar-refractivity contribution in [1.82, 2.24) is 40.4 Å². The second-order valence-electron chi connectivity index (χ2n) is 10.7. The molecule has 1 saturated heterocycles. The van der Waals surface area contributed by atoms with Crippen molar-refractivity contribution in [2.24, 2.45) is 12.8 Å². The van der Waals surface area contributed by atoms with Crippen molar-refractivity contribution in [3.63, 3.8) is 0 Å². The first-order valence-corrected chi connectivity index (χ1v) is 16.8. The first-order valence-electron chi connectivity index (χ1n) is 14.4. The van der Waals surface area contributed by atoms with Crippen LogP contribution in [0.2, 0.25) is 5.02 Å². The van der Waals surface area contributed by atoms with Crippen LogP contribution < -0.4 is 55.9 Å². The number of β-lactam (4-membered cyclic amide) rings is 1. The molecule has 6 rings (SSSR count). The van der Waals surface area contributed by atoms with E-state index in [9.17, 15) is 34.5 Å². The van der Waals surface area contributed by atoms with E-state index in [1.807, 2.05) is 0 Å². The first kappa shape index (κ1) is 37.7. The monoisotopic (exact) mass is 761 g/mol. The average Bonchev–Trinajstić information content (AvgIpc) is 3.50. The van der Waals surface area contributed by atoms with Gasteiger partial charge in [-0.3, -0.25) is 19.4 Å². The first-order chi connectivity index (χ1) is 23.9. The van der Waals surface area contributed by atoms with Crippen molar-refractivity contribution < 1.29 is 64.1 Å². The summed E-state index contributed by atoms with van der Waals surface area (Å²) >= 11 is 8.33. The number of carbonyl (C=O) groups excluding carboxylic acids is 4. The number of carboxylic acids is 1. The summed E-state index contributed by atoms with van der Waals surface area (Å²) in [5.41, 5.74) is 6.19. The second kappa shape index (κ2) is 15.7. The standard InChI is InChI=1S/C29H26ClN11O7S2.Na/c1-39-29(36-37-38-39)50-12-14-11-49-25-19(24(45)41(25)21(14)26(46)47)34-23(44)20(13-2-8-17(42)9-3-13)40(27(31)48)18-10-32-28(35-22(18)43)33-16-6-4-15(30)5-7-16;/h2-10,19-20,25,42H,11-12H2,1H3,(H2,31,48)(H,34,44)(H,46,47)(H2,32,33,35,43);/q;+1/p-1/t19?,20?,25-;/m0./s1. The van der Waals surface area contributed by atoms with Crippen LogP contribution in [0.5, 0.6) is 11.6 Å². The molecule has 6 N–H and O–H groups in total. The third-order valence-corrected chi connectivity index (χ3v) is 10.2. The van der Waals surface area contributed by atoms with Crippen LogP contribution in [-0.4, -0.2) is 92.0 Å². The molecule has 0 radical (unpaired) electrons. The molecule has 3 atom stereocenters. The predicted molar refractivity (Wildman–Crippen MR) is 178 cm³/mol. The van der Waals surface area contributed by atoms with Crippen LogP contribution in [0, 0.1) is 0 Å². The van der Waals surface area contributed by atoms with Crippen molar-refractivity contribution in [3.05, 3.63) is 76.6 Å². The van der Waals surface area contributed by atoms with Crippen LogP contribution in [0.3, 0.4) is 0 Å². The summed E-state index contributed by atoms with van der Waals surface area (Å²) in [5.74, 6) is -3.76. The molecule has 2 unspecified atom stereocenters. The van der Waals surface area contributed by atoms with Gasteiger partial charge in [0.2, 0.25) is 22.9 Å². The molecule has 0 aliphatic carbocycles. The fraction of sp³-hybridized carbons (Fsp3) is 0.207. The molecule has 4 aromatic rings. The van der Waals surface area contributed by atoms with E-state index in [4.69, 9.17) is 17.3 Å². The van der Waals surface area contributed by atoms with E-state index in [1.165, 1.54) is 52.5 Å². The molecule has 18 nitrogen and oxygen atoms in total. The number of nitrogens with one attached hydrogen (secondary N) is 2. The molecule has 0 bridgehead atoms. The van der Waals surface area contributed by atoms with Gasteiger partial charge >= 0.3 is 35.6 Å². The molecular weight excluding hydrogens is 737 g/mol. The van der Waals surface area contributed by atoms with Crippen LogP contribution in [0.1, 0.15) is 11.6 Å². The zero-order valence-electron chi connectivity index (χ0n) is 26.6. The number of tetrazole rings is 1. The molecule has 4 amide bonds. The number of aryl methyl sites for hydroxylation is 1. The summed E-state index contributed by atoms with van der Waals surface area (Å²) in [4.78, 5) is 62.6. The summed E-state index contributed by atoms with van der Waals surface area (Å²) in [5, 5.41) is 49.8. The number of aromatic hydroxyl groups is 2. The smallest absolute Gasteiger partial charge is 0.543 e. The molecule has 2 aliphatic rings. The molecule has 4 heterocycles.